The molecule has 4 rings (SSSR count). The molecule has 29 heavy (non-hydrogen) atoms. The van der Waals surface area contributed by atoms with Crippen LogP contribution >= 0.6 is 11.3 Å². The van der Waals surface area contributed by atoms with Crippen LogP contribution in [0.5, 0.6) is 0 Å². The molecule has 0 saturated carbocycles. The van der Waals surface area contributed by atoms with E-state index in [4.69, 9.17) is 0 Å². The van der Waals surface area contributed by atoms with Gasteiger partial charge in [0.2, 0.25) is 0 Å². The number of carbonyl (C=O) groups is 1. The van der Waals surface area contributed by atoms with Crippen LogP contribution < -0.4 is 10.2 Å². The summed E-state index contributed by atoms with van der Waals surface area (Å²) in [5.74, 6) is -0.163. The number of nitrogens with one attached hydrogen (secondary N) is 1. The van der Waals surface area contributed by atoms with Crippen LogP contribution in [0.3, 0.4) is 0 Å². The Hall–Kier alpha value is -3.45. The van der Waals surface area contributed by atoms with E-state index in [9.17, 15) is 4.79 Å². The van der Waals surface area contributed by atoms with Gasteiger partial charge in [-0.25, -0.2) is 9.67 Å². The third-order valence-corrected chi connectivity index (χ3v) is 5.41. The van der Waals surface area contributed by atoms with Gasteiger partial charge in [0, 0.05) is 43.0 Å². The molecule has 1 N–H and O–H groups in total. The van der Waals surface area contributed by atoms with Crippen molar-refractivity contribution in [3.8, 4) is 16.3 Å². The number of aromatic nitrogens is 3. The number of anilines is 1. The zero-order valence-electron chi connectivity index (χ0n) is 16.0. The first-order valence-corrected chi connectivity index (χ1v) is 10.2. The molecule has 0 aliphatic carbocycles. The van der Waals surface area contributed by atoms with Crippen LogP contribution in [0.2, 0.25) is 0 Å². The van der Waals surface area contributed by atoms with Crippen molar-refractivity contribution >= 4 is 22.9 Å². The number of amides is 1. The molecule has 2 aromatic heterocycles. The lowest BCUT2D eigenvalue weighted by Gasteiger charge is -2.19. The van der Waals surface area contributed by atoms with E-state index in [1.807, 2.05) is 73.9 Å². The molecular weight excluding hydrogens is 382 g/mol. The van der Waals surface area contributed by atoms with Gasteiger partial charge in [0.25, 0.3) is 5.91 Å². The Labute approximate surface area is 173 Å². The van der Waals surface area contributed by atoms with Crippen molar-refractivity contribution in [1.29, 1.82) is 0 Å². The summed E-state index contributed by atoms with van der Waals surface area (Å²) in [5.41, 5.74) is 3.42. The van der Waals surface area contributed by atoms with Crippen molar-refractivity contribution in [2.45, 2.75) is 0 Å². The van der Waals surface area contributed by atoms with Crippen molar-refractivity contribution in [3.63, 3.8) is 0 Å². The molecule has 2 heterocycles. The molecule has 6 nitrogen and oxygen atoms in total. The number of thiazole rings is 1. The van der Waals surface area contributed by atoms with Crippen LogP contribution in [0.4, 0.5) is 5.69 Å². The second-order valence-corrected chi connectivity index (χ2v) is 7.42. The SMILES string of the molecule is CN(CCNC(=O)c1csc(-c2cnn(-c3ccccc3)c2)n1)c1ccccc1. The van der Waals surface area contributed by atoms with Crippen molar-refractivity contribution in [2.75, 3.05) is 25.0 Å². The standard InChI is InChI=1S/C22H21N5OS/c1-26(18-8-4-2-5-9-18)13-12-23-21(28)20-16-29-22(25-20)17-14-24-27(15-17)19-10-6-3-7-11-19/h2-11,14-16H,12-13H2,1H3,(H,23,28). The molecule has 0 unspecified atom stereocenters. The van der Waals surface area contributed by atoms with Crippen molar-refractivity contribution in [2.24, 2.45) is 0 Å². The summed E-state index contributed by atoms with van der Waals surface area (Å²) in [6, 6.07) is 20.0. The van der Waals surface area contributed by atoms with Crippen LogP contribution in [0.15, 0.2) is 78.4 Å². The maximum absolute atomic E-state index is 12.4. The van der Waals surface area contributed by atoms with Gasteiger partial charge >= 0.3 is 0 Å². The van der Waals surface area contributed by atoms with Crippen molar-refractivity contribution in [3.05, 3.63) is 84.1 Å². The van der Waals surface area contributed by atoms with Crippen LogP contribution in [0.1, 0.15) is 10.5 Å². The van der Waals surface area contributed by atoms with Gasteiger partial charge in [-0.05, 0) is 24.3 Å². The number of hydrogen-bond donors (Lipinski definition) is 1. The highest BCUT2D eigenvalue weighted by Gasteiger charge is 2.13. The van der Waals surface area contributed by atoms with E-state index in [0.29, 0.717) is 12.2 Å². The Kier molecular flexibility index (Phi) is 5.67. The Balaban J connectivity index is 1.35. The van der Waals surface area contributed by atoms with Crippen LogP contribution in [-0.4, -0.2) is 40.8 Å². The average molecular weight is 404 g/mol. The van der Waals surface area contributed by atoms with E-state index < -0.39 is 0 Å². The fourth-order valence-corrected chi connectivity index (χ4v) is 3.68. The topological polar surface area (TPSA) is 63.1 Å². The van der Waals surface area contributed by atoms with Crippen LogP contribution in [-0.2, 0) is 0 Å². The fraction of sp³-hybridized carbons (Fsp3) is 0.136. The number of likely N-dealkylation sites (N-methyl/N-ethyl adjacent to an activating group) is 1. The van der Waals surface area contributed by atoms with Gasteiger partial charge in [-0.15, -0.1) is 11.3 Å². The summed E-state index contributed by atoms with van der Waals surface area (Å²) >= 11 is 1.44. The van der Waals surface area contributed by atoms with E-state index >= 15 is 0 Å². The zero-order chi connectivity index (χ0) is 20.1. The number of hydrogen-bond acceptors (Lipinski definition) is 5. The molecule has 4 aromatic rings. The highest BCUT2D eigenvalue weighted by Crippen LogP contribution is 2.24. The molecule has 0 fully saturated rings. The average Bonchev–Trinajstić information content (AvgIpc) is 3.45. The molecule has 0 saturated heterocycles. The predicted molar refractivity (Wildman–Crippen MR) is 117 cm³/mol. The van der Waals surface area contributed by atoms with Gasteiger partial charge in [0.1, 0.15) is 10.7 Å². The molecule has 0 spiro atoms. The van der Waals surface area contributed by atoms with Gasteiger partial charge < -0.3 is 10.2 Å². The van der Waals surface area contributed by atoms with Crippen LogP contribution in [0, 0.1) is 0 Å². The Morgan fingerprint density at radius 3 is 2.59 bits per heavy atom. The van der Waals surface area contributed by atoms with E-state index in [1.54, 1.807) is 16.3 Å². The maximum atomic E-state index is 12.4. The minimum atomic E-state index is -0.163. The third-order valence-electron chi connectivity index (χ3n) is 4.52. The van der Waals surface area contributed by atoms with Crippen LogP contribution in [0.25, 0.3) is 16.3 Å². The van der Waals surface area contributed by atoms with Crippen molar-refractivity contribution in [1.82, 2.24) is 20.1 Å². The second-order valence-electron chi connectivity index (χ2n) is 6.56. The van der Waals surface area contributed by atoms with Gasteiger partial charge in [-0.2, -0.15) is 5.10 Å². The summed E-state index contributed by atoms with van der Waals surface area (Å²) < 4.78 is 1.80. The molecule has 2 aromatic carbocycles. The lowest BCUT2D eigenvalue weighted by Crippen LogP contribution is -2.33. The number of carbonyl (C=O) groups excluding carboxylic acids is 1. The van der Waals surface area contributed by atoms with Gasteiger partial charge in [0.15, 0.2) is 0 Å². The summed E-state index contributed by atoms with van der Waals surface area (Å²) in [6.07, 6.45) is 3.69. The largest absolute Gasteiger partial charge is 0.373 e. The van der Waals surface area contributed by atoms with Crippen molar-refractivity contribution < 1.29 is 4.79 Å². The number of nitrogens with zero attached hydrogens (tertiary/aromatic N) is 4. The van der Waals surface area contributed by atoms with Gasteiger partial charge in [-0.1, -0.05) is 36.4 Å². The summed E-state index contributed by atoms with van der Waals surface area (Å²) in [4.78, 5) is 19.0. The zero-order valence-corrected chi connectivity index (χ0v) is 16.8. The van der Waals surface area contributed by atoms with E-state index in [-0.39, 0.29) is 5.91 Å². The quantitative estimate of drug-likeness (QED) is 0.509. The lowest BCUT2D eigenvalue weighted by atomic mass is 10.3. The minimum absolute atomic E-state index is 0.163. The lowest BCUT2D eigenvalue weighted by molar-refractivity contribution is 0.0950. The maximum Gasteiger partial charge on any atom is 0.270 e. The molecular formula is C22H21N5OS. The molecule has 0 atom stereocenters. The first kappa shape index (κ1) is 18.9. The Bertz CT molecular complexity index is 1070. The Morgan fingerprint density at radius 1 is 1.10 bits per heavy atom. The minimum Gasteiger partial charge on any atom is -0.373 e. The normalized spacial score (nSPS) is 10.7. The third kappa shape index (κ3) is 4.52. The molecule has 0 bridgehead atoms. The molecule has 0 aliphatic rings. The molecule has 1 amide bonds. The molecule has 0 radical (unpaired) electrons. The summed E-state index contributed by atoms with van der Waals surface area (Å²) in [7, 11) is 2.01. The molecule has 0 aliphatic heterocycles. The van der Waals surface area contributed by atoms with Gasteiger partial charge in [0.05, 0.1) is 11.9 Å². The fourth-order valence-electron chi connectivity index (χ4n) is 2.91. The second kappa shape index (κ2) is 8.70. The summed E-state index contributed by atoms with van der Waals surface area (Å²) in [5, 5.41) is 9.89. The summed E-state index contributed by atoms with van der Waals surface area (Å²) in [6.45, 7) is 1.26. The van der Waals surface area contributed by atoms with E-state index in [2.05, 4.69) is 20.3 Å². The van der Waals surface area contributed by atoms with E-state index in [1.165, 1.54) is 11.3 Å². The molecule has 146 valence electrons. The molecule has 7 heteroatoms. The number of para-hydroxylation sites is 2. The number of benzene rings is 2. The number of rotatable bonds is 7. The highest BCUT2D eigenvalue weighted by atomic mass is 32.1. The first-order chi connectivity index (χ1) is 14.2. The smallest absolute Gasteiger partial charge is 0.270 e. The first-order valence-electron chi connectivity index (χ1n) is 9.31. The van der Waals surface area contributed by atoms with Gasteiger partial charge in [-0.3, -0.25) is 4.79 Å². The Morgan fingerprint density at radius 2 is 1.83 bits per heavy atom. The highest BCUT2D eigenvalue weighted by molar-refractivity contribution is 7.13. The monoisotopic (exact) mass is 403 g/mol. The van der Waals surface area contributed by atoms with E-state index in [0.717, 1.165) is 28.5 Å². The predicted octanol–water partition coefficient (Wildman–Crippen LogP) is 3.86.